The Kier molecular flexibility index (Phi) is 4.54. The van der Waals surface area contributed by atoms with E-state index in [9.17, 15) is 0 Å². The quantitative estimate of drug-likeness (QED) is 0.829. The van der Waals surface area contributed by atoms with Crippen LogP contribution in [0.15, 0.2) is 30.4 Å². The van der Waals surface area contributed by atoms with Gasteiger partial charge in [0.2, 0.25) is 0 Å². The fourth-order valence-corrected chi connectivity index (χ4v) is 2.83. The van der Waals surface area contributed by atoms with E-state index in [0.717, 1.165) is 24.0 Å². The number of benzene rings is 1. The van der Waals surface area contributed by atoms with Crippen molar-refractivity contribution >= 4 is 11.6 Å². The molecule has 2 nitrogen and oxygen atoms in total. The first-order valence-electron chi connectivity index (χ1n) is 6.87. The Morgan fingerprint density at radius 2 is 2.05 bits per heavy atom. The lowest BCUT2D eigenvalue weighted by Crippen LogP contribution is -2.38. The van der Waals surface area contributed by atoms with Gasteiger partial charge in [0.15, 0.2) is 0 Å². The van der Waals surface area contributed by atoms with Gasteiger partial charge in [0.1, 0.15) is 12.4 Å². The smallest absolute Gasteiger partial charge is 0.138 e. The number of rotatable bonds is 4. The van der Waals surface area contributed by atoms with Crippen molar-refractivity contribution < 1.29 is 4.74 Å². The normalized spacial score (nSPS) is 18.1. The van der Waals surface area contributed by atoms with Crippen molar-refractivity contribution in [3.63, 3.8) is 0 Å². The van der Waals surface area contributed by atoms with E-state index in [1.165, 1.54) is 19.3 Å². The molecule has 0 bridgehead atoms. The number of nitrogens with two attached hydrogens (primary N) is 1. The van der Waals surface area contributed by atoms with Crippen molar-refractivity contribution in [2.45, 2.75) is 44.6 Å². The van der Waals surface area contributed by atoms with E-state index in [4.69, 9.17) is 22.1 Å². The van der Waals surface area contributed by atoms with Gasteiger partial charge in [-0.3, -0.25) is 0 Å². The summed E-state index contributed by atoms with van der Waals surface area (Å²) in [6, 6.07) is 5.93. The lowest BCUT2D eigenvalue weighted by atomic mass is 9.77. The van der Waals surface area contributed by atoms with Gasteiger partial charge in [0, 0.05) is 5.54 Å². The summed E-state index contributed by atoms with van der Waals surface area (Å²) in [5, 5.41) is 0.633. The molecule has 1 aliphatic rings. The predicted octanol–water partition coefficient (Wildman–Crippen LogP) is 4.41. The number of ether oxygens (including phenoxy) is 1. The average molecular weight is 280 g/mol. The van der Waals surface area contributed by atoms with Crippen molar-refractivity contribution in [3.05, 3.63) is 40.9 Å². The maximum Gasteiger partial charge on any atom is 0.138 e. The van der Waals surface area contributed by atoms with E-state index in [-0.39, 0.29) is 5.54 Å². The van der Waals surface area contributed by atoms with Crippen LogP contribution < -0.4 is 10.5 Å². The molecular weight excluding hydrogens is 258 g/mol. The minimum Gasteiger partial charge on any atom is -0.488 e. The van der Waals surface area contributed by atoms with E-state index in [0.29, 0.717) is 17.4 Å². The summed E-state index contributed by atoms with van der Waals surface area (Å²) in [7, 11) is 0. The molecule has 0 spiro atoms. The van der Waals surface area contributed by atoms with Gasteiger partial charge >= 0.3 is 0 Å². The number of hydrogen-bond donors (Lipinski definition) is 1. The van der Waals surface area contributed by atoms with E-state index < -0.39 is 0 Å². The summed E-state index contributed by atoms with van der Waals surface area (Å²) in [4.78, 5) is 0. The van der Waals surface area contributed by atoms with Crippen LogP contribution in [-0.4, -0.2) is 6.61 Å². The van der Waals surface area contributed by atoms with Crippen LogP contribution in [0.1, 0.15) is 44.6 Å². The summed E-state index contributed by atoms with van der Waals surface area (Å²) in [6.45, 7) is 6.24. The van der Waals surface area contributed by atoms with Crippen molar-refractivity contribution in [2.75, 3.05) is 6.61 Å². The third kappa shape index (κ3) is 3.52. The van der Waals surface area contributed by atoms with Crippen LogP contribution >= 0.6 is 11.6 Å². The fraction of sp³-hybridized carbons (Fsp3) is 0.500. The van der Waals surface area contributed by atoms with Crippen molar-refractivity contribution in [1.82, 2.24) is 0 Å². The Hall–Kier alpha value is -0.990. The minimum absolute atomic E-state index is 0.214. The van der Waals surface area contributed by atoms with E-state index in [1.54, 1.807) is 0 Å². The Balaban J connectivity index is 2.15. The van der Waals surface area contributed by atoms with Crippen molar-refractivity contribution in [1.29, 1.82) is 0 Å². The number of hydrogen-bond acceptors (Lipinski definition) is 2. The van der Waals surface area contributed by atoms with Crippen LogP contribution in [0.4, 0.5) is 0 Å². The molecule has 104 valence electrons. The lowest BCUT2D eigenvalue weighted by Gasteiger charge is -2.34. The highest BCUT2D eigenvalue weighted by molar-refractivity contribution is 6.32. The largest absolute Gasteiger partial charge is 0.488 e. The summed E-state index contributed by atoms with van der Waals surface area (Å²) in [5.41, 5.74) is 8.39. The molecule has 0 heterocycles. The first kappa shape index (κ1) is 14.4. The van der Waals surface area contributed by atoms with Crippen LogP contribution in [0.3, 0.4) is 0 Å². The van der Waals surface area contributed by atoms with E-state index >= 15 is 0 Å². The Morgan fingerprint density at radius 1 is 1.37 bits per heavy atom. The molecule has 3 heteroatoms. The highest BCUT2D eigenvalue weighted by atomic mass is 35.5. The van der Waals surface area contributed by atoms with Crippen molar-refractivity contribution in [2.24, 2.45) is 5.73 Å². The molecule has 0 radical (unpaired) electrons. The second kappa shape index (κ2) is 5.98. The van der Waals surface area contributed by atoms with Gasteiger partial charge in [-0.1, -0.05) is 43.5 Å². The predicted molar refractivity (Wildman–Crippen MR) is 80.7 cm³/mol. The van der Waals surface area contributed by atoms with Gasteiger partial charge in [-0.15, -0.1) is 0 Å². The average Bonchev–Trinajstić information content (AvgIpc) is 2.38. The summed E-state index contributed by atoms with van der Waals surface area (Å²) in [5.74, 6) is 0.702. The zero-order valence-electron chi connectivity index (χ0n) is 11.5. The standard InChI is InChI=1S/C16H22ClNO/c1-12(2)11-19-15-7-6-13(10-14(15)17)16(18)8-4-3-5-9-16/h6-7,10H,1,3-5,8-9,11,18H2,2H3. The lowest BCUT2D eigenvalue weighted by molar-refractivity contribution is 0.301. The summed E-state index contributed by atoms with van der Waals surface area (Å²) in [6.07, 6.45) is 5.75. The zero-order chi connectivity index (χ0) is 13.9. The van der Waals surface area contributed by atoms with Gasteiger partial charge in [0.25, 0.3) is 0 Å². The molecule has 1 fully saturated rings. The van der Waals surface area contributed by atoms with Gasteiger partial charge in [-0.25, -0.2) is 0 Å². The molecule has 0 aromatic heterocycles. The molecule has 2 rings (SSSR count). The molecule has 0 saturated heterocycles. The monoisotopic (exact) mass is 279 g/mol. The highest BCUT2D eigenvalue weighted by Crippen LogP contribution is 2.37. The molecule has 0 atom stereocenters. The molecule has 1 saturated carbocycles. The Bertz CT molecular complexity index is 464. The first-order chi connectivity index (χ1) is 9.01. The Labute approximate surface area is 120 Å². The molecule has 2 N–H and O–H groups in total. The topological polar surface area (TPSA) is 35.2 Å². The van der Waals surface area contributed by atoms with Gasteiger partial charge < -0.3 is 10.5 Å². The SMILES string of the molecule is C=C(C)COc1ccc(C2(N)CCCCC2)cc1Cl. The van der Waals surface area contributed by atoms with Crippen molar-refractivity contribution in [3.8, 4) is 5.75 Å². The minimum atomic E-state index is -0.214. The van der Waals surface area contributed by atoms with Crippen LogP contribution in [0.2, 0.25) is 5.02 Å². The van der Waals surface area contributed by atoms with Crippen LogP contribution in [0.25, 0.3) is 0 Å². The highest BCUT2D eigenvalue weighted by Gasteiger charge is 2.29. The molecule has 1 aliphatic carbocycles. The van der Waals surface area contributed by atoms with Crippen LogP contribution in [0, 0.1) is 0 Å². The zero-order valence-corrected chi connectivity index (χ0v) is 12.3. The molecule has 19 heavy (non-hydrogen) atoms. The number of halogens is 1. The Morgan fingerprint density at radius 3 is 2.63 bits per heavy atom. The first-order valence-corrected chi connectivity index (χ1v) is 7.25. The van der Waals surface area contributed by atoms with Gasteiger partial charge in [-0.2, -0.15) is 0 Å². The molecule has 0 amide bonds. The van der Waals surface area contributed by atoms with Gasteiger partial charge in [-0.05, 0) is 43.0 Å². The third-order valence-electron chi connectivity index (χ3n) is 3.73. The fourth-order valence-electron chi connectivity index (χ4n) is 2.60. The van der Waals surface area contributed by atoms with Crippen LogP contribution in [-0.2, 0) is 5.54 Å². The molecule has 1 aromatic rings. The van der Waals surface area contributed by atoms with Gasteiger partial charge in [0.05, 0.1) is 5.02 Å². The summed E-state index contributed by atoms with van der Waals surface area (Å²) < 4.78 is 5.60. The maximum atomic E-state index is 6.51. The maximum absolute atomic E-state index is 6.51. The second-order valence-corrected chi connectivity index (χ2v) is 6.01. The molecule has 0 aliphatic heterocycles. The van der Waals surface area contributed by atoms with Crippen LogP contribution in [0.5, 0.6) is 5.75 Å². The molecular formula is C16H22ClNO. The summed E-state index contributed by atoms with van der Waals surface area (Å²) >= 11 is 6.28. The molecule has 1 aromatic carbocycles. The second-order valence-electron chi connectivity index (χ2n) is 5.61. The van der Waals surface area contributed by atoms with E-state index in [1.807, 2.05) is 25.1 Å². The van der Waals surface area contributed by atoms with E-state index in [2.05, 4.69) is 6.58 Å². The third-order valence-corrected chi connectivity index (χ3v) is 4.02. The molecule has 0 unspecified atom stereocenters.